The number of morpholine rings is 1. The van der Waals surface area contributed by atoms with Gasteiger partial charge in [-0.1, -0.05) is 6.92 Å². The van der Waals surface area contributed by atoms with Crippen molar-refractivity contribution in [2.45, 2.75) is 26.4 Å². The van der Waals surface area contributed by atoms with Gasteiger partial charge in [-0.05, 0) is 13.8 Å². The zero-order valence-electron chi connectivity index (χ0n) is 11.8. The minimum Gasteiger partial charge on any atom is -0.481 e. The monoisotopic (exact) mass is 270 g/mol. The van der Waals surface area contributed by atoms with Crippen LogP contribution in [0.5, 0.6) is 0 Å². The molecule has 1 unspecified atom stereocenters. The first-order chi connectivity index (χ1) is 8.80. The zero-order chi connectivity index (χ0) is 14.2. The van der Waals surface area contributed by atoms with Crippen molar-refractivity contribution in [3.05, 3.63) is 0 Å². The van der Waals surface area contributed by atoms with E-state index in [0.717, 1.165) is 0 Å². The lowest BCUT2D eigenvalue weighted by molar-refractivity contribution is -0.145. The Hall–Kier alpha value is -1.30. The Bertz CT molecular complexity index is 377. The molecule has 0 aromatic carbocycles. The molecule has 2 aliphatic heterocycles. The average Bonchev–Trinajstić information content (AvgIpc) is 2.25. The standard InChI is InChI=1S/C13H22N2O4/c1-9(11(16)17)10-6-15(7-10)12(18)14-4-5-19-13(2,3)8-14/h9-10H,4-8H2,1-3H3,(H,16,17). The molecule has 0 radical (unpaired) electrons. The molecule has 0 bridgehead atoms. The minimum absolute atomic E-state index is 0.00483. The lowest BCUT2D eigenvalue weighted by Gasteiger charge is -2.46. The summed E-state index contributed by atoms with van der Waals surface area (Å²) in [4.78, 5) is 26.6. The Labute approximate surface area is 113 Å². The Morgan fingerprint density at radius 1 is 1.32 bits per heavy atom. The molecule has 2 aliphatic rings. The molecule has 0 spiro atoms. The van der Waals surface area contributed by atoms with Crippen molar-refractivity contribution in [3.8, 4) is 0 Å². The van der Waals surface area contributed by atoms with Gasteiger partial charge in [0.2, 0.25) is 0 Å². The van der Waals surface area contributed by atoms with Gasteiger partial charge >= 0.3 is 12.0 Å². The molecule has 1 N–H and O–H groups in total. The number of rotatable bonds is 2. The number of amides is 2. The molecular weight excluding hydrogens is 248 g/mol. The smallest absolute Gasteiger partial charge is 0.320 e. The van der Waals surface area contributed by atoms with E-state index in [1.807, 2.05) is 13.8 Å². The second kappa shape index (κ2) is 5.00. The maximum absolute atomic E-state index is 12.3. The Balaban J connectivity index is 1.85. The van der Waals surface area contributed by atoms with Crippen LogP contribution in [-0.4, -0.2) is 65.3 Å². The number of carbonyl (C=O) groups excluding carboxylic acids is 1. The van der Waals surface area contributed by atoms with Gasteiger partial charge in [0.25, 0.3) is 0 Å². The van der Waals surface area contributed by atoms with E-state index in [1.165, 1.54) is 0 Å². The highest BCUT2D eigenvalue weighted by Gasteiger charge is 2.40. The van der Waals surface area contributed by atoms with Gasteiger partial charge in [-0.2, -0.15) is 0 Å². The van der Waals surface area contributed by atoms with Crippen molar-refractivity contribution in [2.24, 2.45) is 11.8 Å². The number of ether oxygens (including phenoxy) is 1. The third-order valence-corrected chi connectivity index (χ3v) is 3.97. The summed E-state index contributed by atoms with van der Waals surface area (Å²) in [5.74, 6) is -1.09. The molecule has 0 aromatic rings. The van der Waals surface area contributed by atoms with Gasteiger partial charge in [-0.15, -0.1) is 0 Å². The summed E-state index contributed by atoms with van der Waals surface area (Å²) < 4.78 is 5.58. The summed E-state index contributed by atoms with van der Waals surface area (Å²) in [5.41, 5.74) is -0.299. The maximum Gasteiger partial charge on any atom is 0.320 e. The van der Waals surface area contributed by atoms with E-state index in [0.29, 0.717) is 32.8 Å². The van der Waals surface area contributed by atoms with Gasteiger partial charge < -0.3 is 19.6 Å². The molecule has 6 heteroatoms. The number of nitrogens with zero attached hydrogens (tertiary/aromatic N) is 2. The highest BCUT2D eigenvalue weighted by molar-refractivity contribution is 5.76. The van der Waals surface area contributed by atoms with Gasteiger partial charge in [0.05, 0.1) is 24.7 Å². The molecule has 1 atom stereocenters. The number of hydrogen-bond acceptors (Lipinski definition) is 3. The van der Waals surface area contributed by atoms with Crippen LogP contribution in [0.25, 0.3) is 0 Å². The number of urea groups is 1. The molecule has 6 nitrogen and oxygen atoms in total. The SMILES string of the molecule is CC(C(=O)O)C1CN(C(=O)N2CCOC(C)(C)C2)C1. The van der Waals surface area contributed by atoms with Crippen LogP contribution in [0.2, 0.25) is 0 Å². The summed E-state index contributed by atoms with van der Waals surface area (Å²) in [5, 5.41) is 8.93. The van der Waals surface area contributed by atoms with E-state index in [2.05, 4.69) is 0 Å². The predicted molar refractivity (Wildman–Crippen MR) is 68.9 cm³/mol. The Kier molecular flexibility index (Phi) is 3.71. The number of carboxylic acid groups (broad SMARTS) is 1. The van der Waals surface area contributed by atoms with Gasteiger partial charge in [-0.3, -0.25) is 4.79 Å². The summed E-state index contributed by atoms with van der Waals surface area (Å²) in [6, 6.07) is 0.00483. The third kappa shape index (κ3) is 3.00. The molecule has 2 heterocycles. The van der Waals surface area contributed by atoms with E-state index in [-0.39, 0.29) is 23.5 Å². The average molecular weight is 270 g/mol. The second-order valence-electron chi connectivity index (χ2n) is 6.10. The summed E-state index contributed by atoms with van der Waals surface area (Å²) in [6.07, 6.45) is 0. The number of carbonyl (C=O) groups is 2. The highest BCUT2D eigenvalue weighted by Crippen LogP contribution is 2.26. The molecule has 19 heavy (non-hydrogen) atoms. The molecule has 2 fully saturated rings. The molecule has 0 aromatic heterocycles. The number of carboxylic acids is 1. The van der Waals surface area contributed by atoms with E-state index >= 15 is 0 Å². The van der Waals surface area contributed by atoms with Crippen LogP contribution >= 0.6 is 0 Å². The Morgan fingerprint density at radius 3 is 2.47 bits per heavy atom. The first-order valence-corrected chi connectivity index (χ1v) is 6.71. The number of hydrogen-bond donors (Lipinski definition) is 1. The first kappa shape index (κ1) is 14.1. The molecule has 2 rings (SSSR count). The van der Waals surface area contributed by atoms with Crippen LogP contribution < -0.4 is 0 Å². The lowest BCUT2D eigenvalue weighted by atomic mass is 9.87. The van der Waals surface area contributed by atoms with Crippen molar-refractivity contribution in [1.82, 2.24) is 9.80 Å². The number of likely N-dealkylation sites (tertiary alicyclic amines) is 1. The largest absolute Gasteiger partial charge is 0.481 e. The van der Waals surface area contributed by atoms with Gasteiger partial charge in [-0.25, -0.2) is 4.79 Å². The highest BCUT2D eigenvalue weighted by atomic mass is 16.5. The Morgan fingerprint density at radius 2 is 1.95 bits per heavy atom. The minimum atomic E-state index is -0.787. The summed E-state index contributed by atoms with van der Waals surface area (Å²) in [6.45, 7) is 8.48. The normalized spacial score (nSPS) is 24.8. The summed E-state index contributed by atoms with van der Waals surface area (Å²) in [7, 11) is 0. The van der Waals surface area contributed by atoms with E-state index < -0.39 is 5.97 Å². The van der Waals surface area contributed by atoms with Gasteiger partial charge in [0, 0.05) is 25.6 Å². The van der Waals surface area contributed by atoms with Crippen molar-refractivity contribution in [2.75, 3.05) is 32.8 Å². The molecule has 108 valence electrons. The van der Waals surface area contributed by atoms with E-state index in [1.54, 1.807) is 16.7 Å². The zero-order valence-corrected chi connectivity index (χ0v) is 11.8. The summed E-state index contributed by atoms with van der Waals surface area (Å²) >= 11 is 0. The van der Waals surface area contributed by atoms with Crippen molar-refractivity contribution >= 4 is 12.0 Å². The fraction of sp³-hybridized carbons (Fsp3) is 0.846. The fourth-order valence-corrected chi connectivity index (χ4v) is 2.57. The lowest BCUT2D eigenvalue weighted by Crippen LogP contribution is -2.60. The first-order valence-electron chi connectivity index (χ1n) is 6.71. The van der Waals surface area contributed by atoms with Crippen LogP contribution in [0.15, 0.2) is 0 Å². The maximum atomic E-state index is 12.3. The van der Waals surface area contributed by atoms with Crippen LogP contribution in [-0.2, 0) is 9.53 Å². The van der Waals surface area contributed by atoms with Gasteiger partial charge in [0.1, 0.15) is 0 Å². The molecular formula is C13H22N2O4. The second-order valence-corrected chi connectivity index (χ2v) is 6.10. The molecule has 0 aliphatic carbocycles. The van der Waals surface area contributed by atoms with Crippen LogP contribution in [0.4, 0.5) is 4.79 Å². The topological polar surface area (TPSA) is 70.1 Å². The van der Waals surface area contributed by atoms with Crippen molar-refractivity contribution in [3.63, 3.8) is 0 Å². The number of aliphatic carboxylic acids is 1. The third-order valence-electron chi connectivity index (χ3n) is 3.97. The quantitative estimate of drug-likeness (QED) is 0.808. The van der Waals surface area contributed by atoms with Crippen molar-refractivity contribution < 1.29 is 19.4 Å². The van der Waals surface area contributed by atoms with Gasteiger partial charge in [0.15, 0.2) is 0 Å². The predicted octanol–water partition coefficient (Wildman–Crippen LogP) is 0.870. The fourth-order valence-electron chi connectivity index (χ4n) is 2.57. The van der Waals surface area contributed by atoms with Crippen LogP contribution in [0, 0.1) is 11.8 Å². The van der Waals surface area contributed by atoms with Crippen molar-refractivity contribution in [1.29, 1.82) is 0 Å². The molecule has 0 saturated carbocycles. The van der Waals surface area contributed by atoms with Crippen LogP contribution in [0.1, 0.15) is 20.8 Å². The molecule has 2 amide bonds. The van der Waals surface area contributed by atoms with Crippen LogP contribution in [0.3, 0.4) is 0 Å². The molecule has 2 saturated heterocycles. The van der Waals surface area contributed by atoms with E-state index in [9.17, 15) is 9.59 Å². The van der Waals surface area contributed by atoms with E-state index in [4.69, 9.17) is 9.84 Å².